The molecule has 2 aliphatic heterocycles. The van der Waals surface area contributed by atoms with Crippen molar-refractivity contribution in [3.8, 4) is 11.5 Å². The number of rotatable bonds is 4. The zero-order chi connectivity index (χ0) is 14.9. The Hall–Kier alpha value is -1.75. The van der Waals surface area contributed by atoms with Gasteiger partial charge in [-0.3, -0.25) is 4.79 Å². The van der Waals surface area contributed by atoms with Gasteiger partial charge in [0, 0.05) is 18.5 Å². The zero-order valence-electron chi connectivity index (χ0n) is 12.6. The lowest BCUT2D eigenvalue weighted by atomic mass is 10.1. The molecule has 0 bridgehead atoms. The molecule has 1 saturated carbocycles. The summed E-state index contributed by atoms with van der Waals surface area (Å²) >= 11 is 0. The topological polar surface area (TPSA) is 59.6 Å². The average Bonchev–Trinajstić information content (AvgIpc) is 3.19. The molecule has 0 radical (unpaired) electrons. The molecule has 22 heavy (non-hydrogen) atoms. The lowest BCUT2D eigenvalue weighted by molar-refractivity contribution is -0.122. The molecule has 1 amide bonds. The first-order valence-corrected chi connectivity index (χ1v) is 8.22. The molecule has 5 heteroatoms. The third kappa shape index (κ3) is 2.77. The summed E-state index contributed by atoms with van der Waals surface area (Å²) in [6, 6.07) is 6.50. The van der Waals surface area contributed by atoms with Crippen molar-refractivity contribution in [1.82, 2.24) is 10.6 Å². The molecule has 1 saturated heterocycles. The molecule has 1 aromatic carbocycles. The first-order valence-electron chi connectivity index (χ1n) is 8.22. The van der Waals surface area contributed by atoms with E-state index in [-0.39, 0.29) is 11.8 Å². The maximum Gasteiger partial charge on any atom is 0.223 e. The molecule has 3 aliphatic rings. The van der Waals surface area contributed by atoms with Crippen LogP contribution in [0.3, 0.4) is 0 Å². The number of carbonyl (C=O) groups excluding carboxylic acids is 1. The molecule has 2 heterocycles. The maximum atomic E-state index is 12.2. The van der Waals surface area contributed by atoms with Gasteiger partial charge in [0.25, 0.3) is 0 Å². The molecule has 1 aliphatic carbocycles. The van der Waals surface area contributed by atoms with Crippen molar-refractivity contribution in [2.45, 2.75) is 31.2 Å². The van der Waals surface area contributed by atoms with Crippen LogP contribution in [-0.2, 0) is 4.79 Å². The van der Waals surface area contributed by atoms with Crippen molar-refractivity contribution in [3.63, 3.8) is 0 Å². The predicted molar refractivity (Wildman–Crippen MR) is 82.3 cm³/mol. The Balaban J connectivity index is 1.34. The number of fused-ring (bicyclic) bond motifs is 1. The third-order valence-corrected chi connectivity index (χ3v) is 4.81. The SMILES string of the molecule is O=C(NCC1CCCN1)C1CC1c1ccc2c(c1)OCCO2. The number of benzene rings is 1. The van der Waals surface area contributed by atoms with Gasteiger partial charge in [0.15, 0.2) is 11.5 Å². The van der Waals surface area contributed by atoms with Crippen LogP contribution in [0.25, 0.3) is 0 Å². The first kappa shape index (κ1) is 13.9. The minimum Gasteiger partial charge on any atom is -0.486 e. The number of hydrogen-bond acceptors (Lipinski definition) is 4. The Labute approximate surface area is 130 Å². The van der Waals surface area contributed by atoms with Gasteiger partial charge in [-0.1, -0.05) is 6.07 Å². The van der Waals surface area contributed by atoms with Crippen LogP contribution in [0.2, 0.25) is 0 Å². The van der Waals surface area contributed by atoms with Crippen molar-refractivity contribution in [1.29, 1.82) is 0 Å². The van der Waals surface area contributed by atoms with Crippen molar-refractivity contribution in [2.24, 2.45) is 5.92 Å². The van der Waals surface area contributed by atoms with Crippen LogP contribution in [-0.4, -0.2) is 38.3 Å². The third-order valence-electron chi connectivity index (χ3n) is 4.81. The Morgan fingerprint density at radius 1 is 1.27 bits per heavy atom. The summed E-state index contributed by atoms with van der Waals surface area (Å²) in [5.41, 5.74) is 1.18. The molecule has 4 rings (SSSR count). The summed E-state index contributed by atoms with van der Waals surface area (Å²) in [6.07, 6.45) is 3.31. The summed E-state index contributed by atoms with van der Waals surface area (Å²) in [7, 11) is 0. The van der Waals surface area contributed by atoms with Crippen LogP contribution in [0.15, 0.2) is 18.2 Å². The number of carbonyl (C=O) groups is 1. The van der Waals surface area contributed by atoms with Crippen molar-refractivity contribution in [3.05, 3.63) is 23.8 Å². The first-order chi connectivity index (χ1) is 10.8. The number of hydrogen-bond donors (Lipinski definition) is 2. The number of nitrogens with one attached hydrogen (secondary N) is 2. The fraction of sp³-hybridized carbons (Fsp3) is 0.588. The summed E-state index contributed by atoms with van der Waals surface area (Å²) in [5.74, 6) is 2.25. The van der Waals surface area contributed by atoms with Gasteiger partial charge in [0.2, 0.25) is 5.91 Å². The van der Waals surface area contributed by atoms with Gasteiger partial charge in [0.1, 0.15) is 13.2 Å². The van der Waals surface area contributed by atoms with Crippen LogP contribution in [0.5, 0.6) is 11.5 Å². The van der Waals surface area contributed by atoms with E-state index >= 15 is 0 Å². The summed E-state index contributed by atoms with van der Waals surface area (Å²) in [6.45, 7) is 3.03. The van der Waals surface area contributed by atoms with E-state index in [9.17, 15) is 4.79 Å². The zero-order valence-corrected chi connectivity index (χ0v) is 12.6. The smallest absolute Gasteiger partial charge is 0.223 e. The van der Waals surface area contributed by atoms with E-state index in [0.717, 1.165) is 37.4 Å². The Morgan fingerprint density at radius 2 is 2.14 bits per heavy atom. The van der Waals surface area contributed by atoms with Crippen LogP contribution in [0.4, 0.5) is 0 Å². The highest BCUT2D eigenvalue weighted by molar-refractivity contribution is 5.83. The van der Waals surface area contributed by atoms with E-state index in [1.54, 1.807) is 0 Å². The number of ether oxygens (including phenoxy) is 2. The van der Waals surface area contributed by atoms with Crippen molar-refractivity contribution < 1.29 is 14.3 Å². The molecule has 2 fully saturated rings. The fourth-order valence-corrected chi connectivity index (χ4v) is 3.43. The molecule has 1 aromatic rings. The van der Waals surface area contributed by atoms with Gasteiger partial charge in [0.05, 0.1) is 0 Å². The molecule has 5 nitrogen and oxygen atoms in total. The highest BCUT2D eigenvalue weighted by atomic mass is 16.6. The van der Waals surface area contributed by atoms with Crippen LogP contribution in [0, 0.1) is 5.92 Å². The van der Waals surface area contributed by atoms with Crippen LogP contribution < -0.4 is 20.1 Å². The average molecular weight is 302 g/mol. The van der Waals surface area contributed by atoms with E-state index in [1.165, 1.54) is 12.0 Å². The summed E-state index contributed by atoms with van der Waals surface area (Å²) in [5, 5.41) is 6.49. The molecular formula is C17H22N2O3. The lowest BCUT2D eigenvalue weighted by Crippen LogP contribution is -2.38. The van der Waals surface area contributed by atoms with Crippen LogP contribution in [0.1, 0.15) is 30.7 Å². The van der Waals surface area contributed by atoms with Crippen molar-refractivity contribution >= 4 is 5.91 Å². The highest BCUT2D eigenvalue weighted by Gasteiger charge is 2.44. The second kappa shape index (κ2) is 5.80. The quantitative estimate of drug-likeness (QED) is 0.883. The van der Waals surface area contributed by atoms with Gasteiger partial charge in [-0.05, 0) is 49.4 Å². The molecule has 118 valence electrons. The normalized spacial score (nSPS) is 29.2. The summed E-state index contributed by atoms with van der Waals surface area (Å²) < 4.78 is 11.2. The Bertz CT molecular complexity index is 569. The highest BCUT2D eigenvalue weighted by Crippen LogP contribution is 2.49. The minimum atomic E-state index is 0.115. The van der Waals surface area contributed by atoms with Crippen LogP contribution >= 0.6 is 0 Å². The second-order valence-corrected chi connectivity index (χ2v) is 6.39. The van der Waals surface area contributed by atoms with E-state index in [1.807, 2.05) is 12.1 Å². The van der Waals surface area contributed by atoms with E-state index in [0.29, 0.717) is 25.2 Å². The summed E-state index contributed by atoms with van der Waals surface area (Å²) in [4.78, 5) is 12.2. The lowest BCUT2D eigenvalue weighted by Gasteiger charge is -2.19. The van der Waals surface area contributed by atoms with E-state index < -0.39 is 0 Å². The maximum absolute atomic E-state index is 12.2. The fourth-order valence-electron chi connectivity index (χ4n) is 3.43. The molecule has 0 aromatic heterocycles. The molecule has 3 atom stereocenters. The largest absolute Gasteiger partial charge is 0.486 e. The standard InChI is InChI=1S/C17H22N2O3/c20-17(19-10-12-2-1-5-18-12)14-9-13(14)11-3-4-15-16(8-11)22-7-6-21-15/h3-4,8,12-14,18H,1-2,5-7,9-10H2,(H,19,20). The second-order valence-electron chi connectivity index (χ2n) is 6.39. The Kier molecular flexibility index (Phi) is 3.66. The molecule has 2 N–H and O–H groups in total. The van der Waals surface area contributed by atoms with E-state index in [4.69, 9.17) is 9.47 Å². The van der Waals surface area contributed by atoms with Gasteiger partial charge in [-0.25, -0.2) is 0 Å². The van der Waals surface area contributed by atoms with Gasteiger partial charge in [-0.2, -0.15) is 0 Å². The van der Waals surface area contributed by atoms with E-state index in [2.05, 4.69) is 16.7 Å². The number of amides is 1. The van der Waals surface area contributed by atoms with Crippen molar-refractivity contribution in [2.75, 3.05) is 26.3 Å². The van der Waals surface area contributed by atoms with Gasteiger partial charge in [-0.15, -0.1) is 0 Å². The molecule has 3 unspecified atom stereocenters. The molecule has 0 spiro atoms. The molecular weight excluding hydrogens is 280 g/mol. The van der Waals surface area contributed by atoms with Gasteiger partial charge >= 0.3 is 0 Å². The van der Waals surface area contributed by atoms with Gasteiger partial charge < -0.3 is 20.1 Å². The Morgan fingerprint density at radius 3 is 2.95 bits per heavy atom. The monoisotopic (exact) mass is 302 g/mol. The minimum absolute atomic E-state index is 0.115. The predicted octanol–water partition coefficient (Wildman–Crippen LogP) is 1.43.